The van der Waals surface area contributed by atoms with Crippen LogP contribution in [0.4, 0.5) is 8.78 Å². The average Bonchev–Trinajstić information content (AvgIpc) is 2.48. The van der Waals surface area contributed by atoms with Crippen molar-refractivity contribution in [1.82, 2.24) is 5.32 Å². The summed E-state index contributed by atoms with van der Waals surface area (Å²) in [4.78, 5) is 0. The van der Waals surface area contributed by atoms with Crippen molar-refractivity contribution in [2.75, 3.05) is 6.54 Å². The highest BCUT2D eigenvalue weighted by Gasteiger charge is 2.17. The molecule has 0 amide bonds. The van der Waals surface area contributed by atoms with Crippen LogP contribution in [-0.4, -0.2) is 6.54 Å². The van der Waals surface area contributed by atoms with Crippen LogP contribution < -0.4 is 5.32 Å². The molecule has 0 spiro atoms. The predicted octanol–water partition coefficient (Wildman–Crippen LogP) is 4.90. The number of rotatable bonds is 6. The third-order valence-corrected chi connectivity index (χ3v) is 3.72. The molecule has 2 aromatic carbocycles. The Morgan fingerprint density at radius 1 is 1.10 bits per heavy atom. The third-order valence-electron chi connectivity index (χ3n) is 3.38. The summed E-state index contributed by atoms with van der Waals surface area (Å²) in [7, 11) is 0. The number of benzene rings is 2. The van der Waals surface area contributed by atoms with E-state index >= 15 is 0 Å². The number of hydrogen-bond donors (Lipinski definition) is 1. The summed E-state index contributed by atoms with van der Waals surface area (Å²) in [5.41, 5.74) is 1.25. The Morgan fingerprint density at radius 2 is 1.86 bits per heavy atom. The Balaban J connectivity index is 2.28. The lowest BCUT2D eigenvalue weighted by Crippen LogP contribution is -2.24. The zero-order chi connectivity index (χ0) is 15.2. The first kappa shape index (κ1) is 15.9. The van der Waals surface area contributed by atoms with Gasteiger partial charge < -0.3 is 5.32 Å². The monoisotopic (exact) mass is 309 g/mol. The van der Waals surface area contributed by atoms with Crippen molar-refractivity contribution < 1.29 is 8.78 Å². The lowest BCUT2D eigenvalue weighted by atomic mass is 9.98. The Kier molecular flexibility index (Phi) is 5.71. The van der Waals surface area contributed by atoms with Gasteiger partial charge in [0.05, 0.1) is 0 Å². The van der Waals surface area contributed by atoms with E-state index in [0.29, 0.717) is 17.0 Å². The fourth-order valence-corrected chi connectivity index (χ4v) is 2.56. The minimum atomic E-state index is -0.819. The smallest absolute Gasteiger partial charge is 0.162 e. The summed E-state index contributed by atoms with van der Waals surface area (Å²) < 4.78 is 27.2. The van der Waals surface area contributed by atoms with Crippen LogP contribution in [0.1, 0.15) is 30.5 Å². The standard InChI is InChI=1S/C17H18ClF2N/c1-2-10-21-16(13-7-3-4-8-14(13)18)11-12-6-5-9-15(19)17(12)20/h3-9,16,21H,2,10-11H2,1H3. The lowest BCUT2D eigenvalue weighted by Gasteiger charge is -2.20. The molecule has 2 aromatic rings. The van der Waals surface area contributed by atoms with E-state index in [1.807, 2.05) is 18.2 Å². The molecule has 1 unspecified atom stereocenters. The van der Waals surface area contributed by atoms with Crippen molar-refractivity contribution in [3.63, 3.8) is 0 Å². The number of nitrogens with one attached hydrogen (secondary N) is 1. The van der Waals surface area contributed by atoms with E-state index in [1.54, 1.807) is 12.1 Å². The number of halogens is 3. The second kappa shape index (κ2) is 7.53. The van der Waals surface area contributed by atoms with Gasteiger partial charge in [0.15, 0.2) is 11.6 Å². The fourth-order valence-electron chi connectivity index (χ4n) is 2.29. The Bertz CT molecular complexity index is 601. The van der Waals surface area contributed by atoms with Crippen LogP contribution >= 0.6 is 11.6 Å². The summed E-state index contributed by atoms with van der Waals surface area (Å²) in [5, 5.41) is 3.98. The maximum atomic E-state index is 13.9. The topological polar surface area (TPSA) is 12.0 Å². The molecule has 0 aliphatic carbocycles. The van der Waals surface area contributed by atoms with Gasteiger partial charge in [-0.15, -0.1) is 0 Å². The van der Waals surface area contributed by atoms with Crippen LogP contribution in [0.2, 0.25) is 5.02 Å². The maximum Gasteiger partial charge on any atom is 0.162 e. The van der Waals surface area contributed by atoms with E-state index in [-0.39, 0.29) is 6.04 Å². The maximum absolute atomic E-state index is 13.9. The molecule has 4 heteroatoms. The second-order valence-electron chi connectivity index (χ2n) is 4.95. The molecule has 0 radical (unpaired) electrons. The molecule has 21 heavy (non-hydrogen) atoms. The molecule has 0 fully saturated rings. The zero-order valence-corrected chi connectivity index (χ0v) is 12.6. The molecule has 2 rings (SSSR count). The first-order valence-corrected chi connectivity index (χ1v) is 7.42. The van der Waals surface area contributed by atoms with Crippen LogP contribution in [0, 0.1) is 11.6 Å². The summed E-state index contributed by atoms with van der Waals surface area (Å²) in [5.74, 6) is -1.60. The highest BCUT2D eigenvalue weighted by atomic mass is 35.5. The lowest BCUT2D eigenvalue weighted by molar-refractivity contribution is 0.477. The van der Waals surface area contributed by atoms with E-state index < -0.39 is 11.6 Å². The van der Waals surface area contributed by atoms with Gasteiger partial charge in [0, 0.05) is 11.1 Å². The molecule has 0 aromatic heterocycles. The molecule has 0 aliphatic heterocycles. The van der Waals surface area contributed by atoms with Gasteiger partial charge in [-0.25, -0.2) is 8.78 Å². The molecule has 0 aliphatic rings. The van der Waals surface area contributed by atoms with E-state index in [9.17, 15) is 8.78 Å². The quantitative estimate of drug-likeness (QED) is 0.800. The van der Waals surface area contributed by atoms with Crippen molar-refractivity contribution in [2.45, 2.75) is 25.8 Å². The summed E-state index contributed by atoms with van der Waals surface area (Å²) >= 11 is 6.23. The molecule has 1 N–H and O–H groups in total. The van der Waals surface area contributed by atoms with E-state index in [1.165, 1.54) is 6.07 Å². The van der Waals surface area contributed by atoms with Crippen LogP contribution in [0.15, 0.2) is 42.5 Å². The molecule has 0 heterocycles. The number of hydrogen-bond acceptors (Lipinski definition) is 1. The van der Waals surface area contributed by atoms with Crippen molar-refractivity contribution in [2.24, 2.45) is 0 Å². The normalized spacial score (nSPS) is 12.4. The van der Waals surface area contributed by atoms with Gasteiger partial charge in [-0.3, -0.25) is 0 Å². The summed E-state index contributed by atoms with van der Waals surface area (Å²) in [6.45, 7) is 2.84. The van der Waals surface area contributed by atoms with Gasteiger partial charge in [0.25, 0.3) is 0 Å². The Morgan fingerprint density at radius 3 is 2.57 bits per heavy atom. The molecule has 112 valence electrons. The molecular weight excluding hydrogens is 292 g/mol. The van der Waals surface area contributed by atoms with Gasteiger partial charge in [0.1, 0.15) is 0 Å². The van der Waals surface area contributed by atoms with Gasteiger partial charge >= 0.3 is 0 Å². The zero-order valence-electron chi connectivity index (χ0n) is 11.9. The van der Waals surface area contributed by atoms with Crippen molar-refractivity contribution in [3.8, 4) is 0 Å². The van der Waals surface area contributed by atoms with Crippen LogP contribution in [-0.2, 0) is 6.42 Å². The molecule has 0 saturated heterocycles. The predicted molar refractivity (Wildman–Crippen MR) is 82.5 cm³/mol. The van der Waals surface area contributed by atoms with Gasteiger partial charge in [-0.05, 0) is 42.6 Å². The van der Waals surface area contributed by atoms with Crippen molar-refractivity contribution in [3.05, 3.63) is 70.2 Å². The van der Waals surface area contributed by atoms with Gasteiger partial charge in [-0.1, -0.05) is 48.9 Å². The Labute approximate surface area is 128 Å². The minimum Gasteiger partial charge on any atom is -0.310 e. The molecular formula is C17H18ClF2N. The van der Waals surface area contributed by atoms with Gasteiger partial charge in [0.2, 0.25) is 0 Å². The highest BCUT2D eigenvalue weighted by molar-refractivity contribution is 6.31. The molecule has 0 saturated carbocycles. The SMILES string of the molecule is CCCNC(Cc1cccc(F)c1F)c1ccccc1Cl. The molecule has 0 bridgehead atoms. The van der Waals surface area contributed by atoms with Crippen molar-refractivity contribution in [1.29, 1.82) is 0 Å². The van der Waals surface area contributed by atoms with Crippen LogP contribution in [0.3, 0.4) is 0 Å². The fraction of sp³-hybridized carbons (Fsp3) is 0.294. The highest BCUT2D eigenvalue weighted by Crippen LogP contribution is 2.27. The summed E-state index contributed by atoms with van der Waals surface area (Å²) in [6, 6.07) is 11.6. The summed E-state index contributed by atoms with van der Waals surface area (Å²) in [6.07, 6.45) is 1.31. The Hall–Kier alpha value is -1.45. The second-order valence-corrected chi connectivity index (χ2v) is 5.35. The average molecular weight is 310 g/mol. The van der Waals surface area contributed by atoms with Crippen LogP contribution in [0.5, 0.6) is 0 Å². The largest absolute Gasteiger partial charge is 0.310 e. The molecule has 1 atom stereocenters. The third kappa shape index (κ3) is 4.02. The van der Waals surface area contributed by atoms with Crippen molar-refractivity contribution >= 4 is 11.6 Å². The first-order chi connectivity index (χ1) is 10.1. The first-order valence-electron chi connectivity index (χ1n) is 7.04. The van der Waals surface area contributed by atoms with E-state index in [2.05, 4.69) is 12.2 Å². The van der Waals surface area contributed by atoms with E-state index in [4.69, 9.17) is 11.6 Å². The van der Waals surface area contributed by atoms with Crippen LogP contribution in [0.25, 0.3) is 0 Å². The molecule has 1 nitrogen and oxygen atoms in total. The van der Waals surface area contributed by atoms with Gasteiger partial charge in [-0.2, -0.15) is 0 Å². The van der Waals surface area contributed by atoms with E-state index in [0.717, 1.165) is 24.6 Å². The minimum absolute atomic E-state index is 0.144.